The van der Waals surface area contributed by atoms with Crippen LogP contribution in [0.25, 0.3) is 0 Å². The summed E-state index contributed by atoms with van der Waals surface area (Å²) >= 11 is 0. The number of aromatic amines is 1. The zero-order valence-electron chi connectivity index (χ0n) is 14.9. The molecule has 2 aliphatic heterocycles. The minimum absolute atomic E-state index is 0.0105. The van der Waals surface area contributed by atoms with Crippen LogP contribution in [0.2, 0.25) is 0 Å². The van der Waals surface area contributed by atoms with E-state index in [1.165, 1.54) is 0 Å². The molecule has 2 saturated heterocycles. The maximum atomic E-state index is 12.7. The van der Waals surface area contributed by atoms with E-state index in [-0.39, 0.29) is 17.2 Å². The van der Waals surface area contributed by atoms with Crippen LogP contribution < -0.4 is 0 Å². The fourth-order valence-corrected chi connectivity index (χ4v) is 4.31. The fourth-order valence-electron chi connectivity index (χ4n) is 4.31. The summed E-state index contributed by atoms with van der Waals surface area (Å²) in [6.45, 7) is 2.83. The van der Waals surface area contributed by atoms with Crippen LogP contribution in [0.4, 0.5) is 0 Å². The molecule has 1 N–H and O–H groups in total. The molecule has 26 heavy (non-hydrogen) atoms. The van der Waals surface area contributed by atoms with E-state index in [1.807, 2.05) is 40.3 Å². The molecular formula is C20H24N4O2. The SMILES string of the molecule is O=C1CC[C@@]2(CCCN(C(=O)c3ccc[nH]3)C2)CN1Cc1cccnc1. The summed E-state index contributed by atoms with van der Waals surface area (Å²) in [4.78, 5) is 36.2. The third-order valence-electron chi connectivity index (χ3n) is 5.62. The maximum absolute atomic E-state index is 12.7. The second-order valence-corrected chi connectivity index (χ2v) is 7.53. The summed E-state index contributed by atoms with van der Waals surface area (Å²) in [6.07, 6.45) is 8.82. The molecule has 2 aromatic heterocycles. The summed E-state index contributed by atoms with van der Waals surface area (Å²) < 4.78 is 0. The summed E-state index contributed by atoms with van der Waals surface area (Å²) in [5, 5.41) is 0. The topological polar surface area (TPSA) is 69.3 Å². The van der Waals surface area contributed by atoms with Crippen molar-refractivity contribution in [3.63, 3.8) is 0 Å². The molecule has 0 aromatic carbocycles. The molecule has 2 aliphatic rings. The minimum Gasteiger partial charge on any atom is -0.357 e. The highest BCUT2D eigenvalue weighted by Crippen LogP contribution is 2.39. The molecule has 0 saturated carbocycles. The van der Waals surface area contributed by atoms with Gasteiger partial charge in [0.1, 0.15) is 5.69 Å². The number of pyridine rings is 1. The van der Waals surface area contributed by atoms with Crippen LogP contribution in [-0.2, 0) is 11.3 Å². The first kappa shape index (κ1) is 16.8. The molecule has 0 bridgehead atoms. The normalized spacial score (nSPS) is 23.5. The molecular weight excluding hydrogens is 328 g/mol. The van der Waals surface area contributed by atoms with Crippen LogP contribution in [0, 0.1) is 5.41 Å². The van der Waals surface area contributed by atoms with Crippen molar-refractivity contribution in [3.8, 4) is 0 Å². The molecule has 2 amide bonds. The Bertz CT molecular complexity index is 774. The third-order valence-corrected chi connectivity index (χ3v) is 5.62. The van der Waals surface area contributed by atoms with E-state index >= 15 is 0 Å². The zero-order chi connectivity index (χ0) is 18.0. The van der Waals surface area contributed by atoms with Gasteiger partial charge in [-0.25, -0.2) is 0 Å². The number of carbonyl (C=O) groups is 2. The highest BCUT2D eigenvalue weighted by Gasteiger charge is 2.42. The first-order valence-corrected chi connectivity index (χ1v) is 9.25. The van der Waals surface area contributed by atoms with Crippen LogP contribution in [0.15, 0.2) is 42.9 Å². The highest BCUT2D eigenvalue weighted by atomic mass is 16.2. The molecule has 1 atom stereocenters. The first-order valence-electron chi connectivity index (χ1n) is 9.25. The number of aromatic nitrogens is 2. The molecule has 0 aliphatic carbocycles. The quantitative estimate of drug-likeness (QED) is 0.922. The molecule has 1 spiro atoms. The first-order chi connectivity index (χ1) is 12.7. The van der Waals surface area contributed by atoms with E-state index in [0.29, 0.717) is 18.7 Å². The third kappa shape index (κ3) is 3.36. The van der Waals surface area contributed by atoms with Gasteiger partial charge < -0.3 is 14.8 Å². The average molecular weight is 352 g/mol. The molecule has 0 radical (unpaired) electrons. The number of nitrogens with one attached hydrogen (secondary N) is 1. The second kappa shape index (κ2) is 6.94. The standard InChI is InChI=1S/C20H24N4O2/c25-18-6-8-20(15-24(18)13-16-4-1-9-21-12-16)7-3-11-23(14-20)19(26)17-5-2-10-22-17/h1-2,4-5,9-10,12,22H,3,6-8,11,13-15H2/t20-/m1/s1. The Labute approximate surface area is 153 Å². The molecule has 136 valence electrons. The van der Waals surface area contributed by atoms with Crippen LogP contribution in [0.1, 0.15) is 41.7 Å². The van der Waals surface area contributed by atoms with Crippen molar-refractivity contribution in [3.05, 3.63) is 54.1 Å². The lowest BCUT2D eigenvalue weighted by Gasteiger charge is -2.48. The zero-order valence-corrected chi connectivity index (χ0v) is 14.9. The predicted octanol–water partition coefficient (Wildman–Crippen LogP) is 2.45. The van der Waals surface area contributed by atoms with Crippen LogP contribution >= 0.6 is 0 Å². The lowest BCUT2D eigenvalue weighted by atomic mass is 9.73. The molecule has 6 nitrogen and oxygen atoms in total. The van der Waals surface area contributed by atoms with Crippen LogP contribution in [0.3, 0.4) is 0 Å². The maximum Gasteiger partial charge on any atom is 0.270 e. The Kier molecular flexibility index (Phi) is 4.49. The minimum atomic E-state index is 0.0105. The van der Waals surface area contributed by atoms with Gasteiger partial charge in [0, 0.05) is 56.6 Å². The Morgan fingerprint density at radius 1 is 1.23 bits per heavy atom. The van der Waals surface area contributed by atoms with E-state index in [0.717, 1.165) is 44.5 Å². The van der Waals surface area contributed by atoms with Crippen molar-refractivity contribution >= 4 is 11.8 Å². The van der Waals surface area contributed by atoms with Crippen molar-refractivity contribution in [1.82, 2.24) is 19.8 Å². The number of rotatable bonds is 3. The summed E-state index contributed by atoms with van der Waals surface area (Å²) in [6, 6.07) is 7.57. The van der Waals surface area contributed by atoms with E-state index < -0.39 is 0 Å². The second-order valence-electron chi connectivity index (χ2n) is 7.53. The van der Waals surface area contributed by atoms with E-state index in [1.54, 1.807) is 12.4 Å². The predicted molar refractivity (Wildman–Crippen MR) is 97.3 cm³/mol. The van der Waals surface area contributed by atoms with Gasteiger partial charge in [0.15, 0.2) is 0 Å². The Morgan fingerprint density at radius 2 is 2.15 bits per heavy atom. The Morgan fingerprint density at radius 3 is 2.92 bits per heavy atom. The number of amides is 2. The largest absolute Gasteiger partial charge is 0.357 e. The van der Waals surface area contributed by atoms with Gasteiger partial charge in [-0.2, -0.15) is 0 Å². The van der Waals surface area contributed by atoms with Crippen molar-refractivity contribution in [2.45, 2.75) is 32.2 Å². The monoisotopic (exact) mass is 352 g/mol. The summed E-state index contributed by atoms with van der Waals surface area (Å²) in [5.41, 5.74) is 1.70. The van der Waals surface area contributed by atoms with Gasteiger partial charge in [0.25, 0.3) is 5.91 Å². The lowest BCUT2D eigenvalue weighted by Crippen LogP contribution is -2.54. The number of carbonyl (C=O) groups excluding carboxylic acids is 2. The van der Waals surface area contributed by atoms with Gasteiger partial charge >= 0.3 is 0 Å². The molecule has 6 heteroatoms. The van der Waals surface area contributed by atoms with Crippen molar-refractivity contribution in [2.24, 2.45) is 5.41 Å². The molecule has 4 rings (SSSR count). The van der Waals surface area contributed by atoms with Crippen LogP contribution in [0.5, 0.6) is 0 Å². The number of likely N-dealkylation sites (tertiary alicyclic amines) is 2. The fraction of sp³-hybridized carbons (Fsp3) is 0.450. The number of hydrogen-bond donors (Lipinski definition) is 1. The molecule has 2 aromatic rings. The van der Waals surface area contributed by atoms with Gasteiger partial charge in [-0.15, -0.1) is 0 Å². The Hall–Kier alpha value is -2.63. The van der Waals surface area contributed by atoms with Crippen molar-refractivity contribution < 1.29 is 9.59 Å². The number of H-pyrrole nitrogens is 1. The molecule has 2 fully saturated rings. The number of nitrogens with zero attached hydrogens (tertiary/aromatic N) is 3. The molecule has 4 heterocycles. The van der Waals surface area contributed by atoms with Gasteiger partial charge in [-0.1, -0.05) is 6.07 Å². The van der Waals surface area contributed by atoms with E-state index in [4.69, 9.17) is 0 Å². The van der Waals surface area contributed by atoms with Gasteiger partial charge in [0.05, 0.1) is 0 Å². The smallest absolute Gasteiger partial charge is 0.270 e. The number of piperidine rings is 2. The molecule has 0 unspecified atom stereocenters. The lowest BCUT2D eigenvalue weighted by molar-refractivity contribution is -0.139. The van der Waals surface area contributed by atoms with E-state index in [9.17, 15) is 9.59 Å². The van der Waals surface area contributed by atoms with Crippen molar-refractivity contribution in [1.29, 1.82) is 0 Å². The van der Waals surface area contributed by atoms with Crippen molar-refractivity contribution in [2.75, 3.05) is 19.6 Å². The summed E-state index contributed by atoms with van der Waals surface area (Å²) in [5.74, 6) is 0.261. The van der Waals surface area contributed by atoms with Gasteiger partial charge in [-0.05, 0) is 43.0 Å². The number of hydrogen-bond acceptors (Lipinski definition) is 3. The van der Waals surface area contributed by atoms with Crippen LogP contribution in [-0.4, -0.2) is 51.2 Å². The summed E-state index contributed by atoms with van der Waals surface area (Å²) in [7, 11) is 0. The van der Waals surface area contributed by atoms with Gasteiger partial charge in [-0.3, -0.25) is 14.6 Å². The Balaban J connectivity index is 1.48. The highest BCUT2D eigenvalue weighted by molar-refractivity contribution is 5.92. The van der Waals surface area contributed by atoms with Gasteiger partial charge in [0.2, 0.25) is 5.91 Å². The van der Waals surface area contributed by atoms with E-state index in [2.05, 4.69) is 9.97 Å². The average Bonchev–Trinajstić information content (AvgIpc) is 3.20.